The average Bonchev–Trinajstić information content (AvgIpc) is 2.59. The smallest absolute Gasteiger partial charge is 0.137 e. The Morgan fingerprint density at radius 2 is 1.47 bits per heavy atom. The average molecular weight is 341 g/mol. The van der Waals surface area contributed by atoms with Crippen molar-refractivity contribution in [2.24, 2.45) is 0 Å². The molecule has 0 atom stereocenters. The molecule has 0 fully saturated rings. The third-order valence-corrected chi connectivity index (χ3v) is 1.68. The van der Waals surface area contributed by atoms with Gasteiger partial charge >= 0.3 is 0 Å². The van der Waals surface area contributed by atoms with E-state index in [0.717, 1.165) is 12.2 Å². The number of hydrogen-bond donors (Lipinski definition) is 1. The van der Waals surface area contributed by atoms with Gasteiger partial charge in [-0.3, -0.25) is 5.10 Å². The van der Waals surface area contributed by atoms with Gasteiger partial charge in [0.25, 0.3) is 0 Å². The van der Waals surface area contributed by atoms with Gasteiger partial charge in [-0.2, -0.15) is 5.10 Å². The van der Waals surface area contributed by atoms with Crippen molar-refractivity contribution < 1.29 is 0 Å². The topological polar surface area (TPSA) is 41.6 Å². The zero-order chi connectivity index (χ0) is 8.23. The monoisotopic (exact) mass is 339 g/mol. The van der Waals surface area contributed by atoms with Crippen LogP contribution in [0.5, 0.6) is 0 Å². The summed E-state index contributed by atoms with van der Waals surface area (Å²) in [6, 6.07) is 10.2. The molecule has 17 heavy (non-hydrogen) atoms. The van der Waals surface area contributed by atoms with Crippen molar-refractivity contribution in [1.82, 2.24) is 15.2 Å². The van der Waals surface area contributed by atoms with Crippen molar-refractivity contribution in [3.05, 3.63) is 48.0 Å². The molecule has 0 radical (unpaired) electrons. The second kappa shape index (κ2) is 13.9. The highest BCUT2D eigenvalue weighted by atomic mass is 35.5. The van der Waals surface area contributed by atoms with Gasteiger partial charge < -0.3 is 0 Å². The molecule has 1 heterocycles. The predicted molar refractivity (Wildman–Crippen MR) is 81.9 cm³/mol. The number of nitrogens with zero attached hydrogens (tertiary/aromatic N) is 2. The molecule has 8 heteroatoms. The van der Waals surface area contributed by atoms with Gasteiger partial charge in [0.15, 0.2) is 0 Å². The summed E-state index contributed by atoms with van der Waals surface area (Å²) in [4.78, 5) is 4.04. The van der Waals surface area contributed by atoms with Crippen molar-refractivity contribution in [3.63, 3.8) is 0 Å². The minimum absolute atomic E-state index is 0. The minimum Gasteiger partial charge on any atom is -0.263 e. The van der Waals surface area contributed by atoms with E-state index in [4.69, 9.17) is 0 Å². The number of rotatable bonds is 2. The van der Waals surface area contributed by atoms with E-state index in [-0.39, 0.29) is 62.0 Å². The number of H-pyrrole nitrogens is 1. The van der Waals surface area contributed by atoms with E-state index in [2.05, 4.69) is 27.3 Å². The van der Waals surface area contributed by atoms with E-state index in [9.17, 15) is 0 Å². The molecule has 0 aliphatic heterocycles. The summed E-state index contributed by atoms with van der Waals surface area (Å²) in [5.74, 6) is 0.904. The van der Waals surface area contributed by atoms with Crippen molar-refractivity contribution in [1.29, 1.82) is 0 Å². The van der Waals surface area contributed by atoms with E-state index < -0.39 is 0 Å². The number of aromatic nitrogens is 3. The molecule has 0 saturated heterocycles. The largest absolute Gasteiger partial charge is 0.263 e. The highest BCUT2D eigenvalue weighted by molar-refractivity contribution is 5.86. The Morgan fingerprint density at radius 3 is 1.94 bits per heavy atom. The van der Waals surface area contributed by atoms with Crippen LogP contribution >= 0.6 is 62.0 Å². The fraction of sp³-hybridized carbons (Fsp3) is 0.111. The molecule has 3 nitrogen and oxygen atoms in total. The Kier molecular flexibility index (Phi) is 20.9. The normalized spacial score (nSPS) is 7.06. The molecule has 0 aliphatic rings. The fourth-order valence-electron chi connectivity index (χ4n) is 1.11. The zero-order valence-electron chi connectivity index (χ0n) is 8.61. The predicted octanol–water partition coefficient (Wildman–Crippen LogP) is 3.50. The van der Waals surface area contributed by atoms with Gasteiger partial charge in [0.1, 0.15) is 12.2 Å². The molecule has 0 spiro atoms. The van der Waals surface area contributed by atoms with Crippen molar-refractivity contribution in [2.75, 3.05) is 0 Å². The molecule has 2 aromatic rings. The van der Waals surface area contributed by atoms with Crippen LogP contribution in [0.1, 0.15) is 11.4 Å². The lowest BCUT2D eigenvalue weighted by Gasteiger charge is -1.94. The molecule has 1 N–H and O–H groups in total. The molecule has 0 unspecified atom stereocenters. The van der Waals surface area contributed by atoms with Gasteiger partial charge in [-0.05, 0) is 5.56 Å². The lowest BCUT2D eigenvalue weighted by Crippen LogP contribution is -1.89. The number of nitrogens with one attached hydrogen (secondary N) is 1. The van der Waals surface area contributed by atoms with Crippen LogP contribution in [0.15, 0.2) is 36.7 Å². The van der Waals surface area contributed by atoms with Crippen LogP contribution in [0.25, 0.3) is 0 Å². The Bertz CT molecular complexity index is 341. The van der Waals surface area contributed by atoms with E-state index in [1.165, 1.54) is 11.9 Å². The van der Waals surface area contributed by atoms with Crippen LogP contribution < -0.4 is 0 Å². The highest BCUT2D eigenvalue weighted by Gasteiger charge is 1.95. The van der Waals surface area contributed by atoms with Gasteiger partial charge in [0.05, 0.1) is 0 Å². The summed E-state index contributed by atoms with van der Waals surface area (Å²) in [5, 5.41) is 6.61. The van der Waals surface area contributed by atoms with Crippen molar-refractivity contribution in [3.8, 4) is 0 Å². The summed E-state index contributed by atoms with van der Waals surface area (Å²) >= 11 is 0. The lowest BCUT2D eigenvalue weighted by molar-refractivity contribution is 0.972. The second-order valence-corrected chi connectivity index (χ2v) is 2.59. The van der Waals surface area contributed by atoms with Crippen LogP contribution in [0.2, 0.25) is 0 Å². The summed E-state index contributed by atoms with van der Waals surface area (Å²) in [5.41, 5.74) is 1.24. The first-order valence-electron chi connectivity index (χ1n) is 3.83. The molecule has 0 aliphatic carbocycles. The maximum atomic E-state index is 4.04. The minimum atomic E-state index is 0. The number of benzene rings is 1. The summed E-state index contributed by atoms with van der Waals surface area (Å²) in [6.07, 6.45) is 2.35. The molecule has 100 valence electrons. The first-order valence-corrected chi connectivity index (χ1v) is 3.83. The molecule has 1 aromatic heterocycles. The molecular weight excluding hydrogens is 327 g/mol. The Hall–Kier alpha value is -0.190. The van der Waals surface area contributed by atoms with E-state index >= 15 is 0 Å². The summed E-state index contributed by atoms with van der Waals surface area (Å²) < 4.78 is 0. The van der Waals surface area contributed by atoms with E-state index in [1.54, 1.807) is 0 Å². The number of hydrogen-bond acceptors (Lipinski definition) is 2. The molecule has 1 aromatic carbocycles. The number of halogens is 5. The molecular formula is C9H14Cl5N3. The lowest BCUT2D eigenvalue weighted by atomic mass is 10.1. The Balaban J connectivity index is -0.000000169. The first-order chi connectivity index (χ1) is 5.95. The number of aromatic amines is 1. The molecule has 2 rings (SSSR count). The van der Waals surface area contributed by atoms with E-state index in [1.807, 2.05) is 18.2 Å². The Labute approximate surface area is 131 Å². The summed E-state index contributed by atoms with van der Waals surface area (Å²) in [6.45, 7) is 0. The van der Waals surface area contributed by atoms with Gasteiger partial charge in [-0.1, -0.05) is 30.3 Å². The maximum absolute atomic E-state index is 4.04. The van der Waals surface area contributed by atoms with Gasteiger partial charge in [-0.25, -0.2) is 4.98 Å². The first kappa shape index (κ1) is 25.6. The van der Waals surface area contributed by atoms with Crippen LogP contribution in [-0.4, -0.2) is 15.2 Å². The van der Waals surface area contributed by atoms with Gasteiger partial charge in [-0.15, -0.1) is 62.0 Å². The van der Waals surface area contributed by atoms with Crippen LogP contribution in [0.3, 0.4) is 0 Å². The van der Waals surface area contributed by atoms with Gasteiger partial charge in [0, 0.05) is 6.42 Å². The third-order valence-electron chi connectivity index (χ3n) is 1.68. The SMILES string of the molecule is Cl.Cl.Cl.Cl.Cl.c1ccc(Cc2ncn[nH]2)cc1. The highest BCUT2D eigenvalue weighted by Crippen LogP contribution is 2.02. The molecule has 0 bridgehead atoms. The zero-order valence-corrected chi connectivity index (χ0v) is 12.7. The van der Waals surface area contributed by atoms with Crippen molar-refractivity contribution in [2.45, 2.75) is 6.42 Å². The van der Waals surface area contributed by atoms with Crippen LogP contribution in [-0.2, 0) is 6.42 Å². The van der Waals surface area contributed by atoms with Crippen molar-refractivity contribution >= 4 is 62.0 Å². The standard InChI is InChI=1S/C9H9N3.5ClH/c1-2-4-8(5-3-1)6-9-10-7-11-12-9;;;;;/h1-5,7H,6H2,(H,10,11,12);5*1H. The quantitative estimate of drug-likeness (QED) is 0.908. The van der Waals surface area contributed by atoms with E-state index in [0.29, 0.717) is 0 Å². The molecule has 0 amide bonds. The Morgan fingerprint density at radius 1 is 0.882 bits per heavy atom. The third kappa shape index (κ3) is 8.52. The van der Waals surface area contributed by atoms with Crippen LogP contribution in [0, 0.1) is 0 Å². The van der Waals surface area contributed by atoms with Gasteiger partial charge in [0.2, 0.25) is 0 Å². The molecule has 0 saturated carbocycles. The maximum Gasteiger partial charge on any atom is 0.137 e. The summed E-state index contributed by atoms with van der Waals surface area (Å²) in [7, 11) is 0. The van der Waals surface area contributed by atoms with Crippen LogP contribution in [0.4, 0.5) is 0 Å². The fourth-order valence-corrected chi connectivity index (χ4v) is 1.11. The second-order valence-electron chi connectivity index (χ2n) is 2.59.